The molecule has 2 rings (SSSR count). The zero-order valence-corrected chi connectivity index (χ0v) is 14.6. The smallest absolute Gasteiger partial charge is 0.338 e. The SMILES string of the molecule is COc1ccc(C(=O)COC(=O)c2cc(OC)c(C)c(OC)c2)cc1. The van der Waals surface area contributed by atoms with Gasteiger partial charge in [0.05, 0.1) is 26.9 Å². The van der Waals surface area contributed by atoms with Crippen molar-refractivity contribution in [1.82, 2.24) is 0 Å². The molecule has 0 radical (unpaired) electrons. The third-order valence-corrected chi connectivity index (χ3v) is 3.73. The molecule has 0 saturated carbocycles. The molecule has 0 aromatic heterocycles. The molecule has 132 valence electrons. The van der Waals surface area contributed by atoms with E-state index in [1.54, 1.807) is 43.5 Å². The molecule has 0 amide bonds. The Labute approximate surface area is 146 Å². The number of hydrogen-bond acceptors (Lipinski definition) is 6. The van der Waals surface area contributed by atoms with E-state index in [-0.39, 0.29) is 18.0 Å². The van der Waals surface area contributed by atoms with Crippen LogP contribution in [0.2, 0.25) is 0 Å². The Kier molecular flexibility index (Phi) is 6.00. The number of carbonyl (C=O) groups is 2. The summed E-state index contributed by atoms with van der Waals surface area (Å²) in [7, 11) is 4.55. The van der Waals surface area contributed by atoms with Crippen molar-refractivity contribution in [3.8, 4) is 17.2 Å². The molecule has 6 nitrogen and oxygen atoms in total. The Balaban J connectivity index is 2.07. The molecular weight excluding hydrogens is 324 g/mol. The first-order chi connectivity index (χ1) is 12.0. The molecule has 6 heteroatoms. The monoisotopic (exact) mass is 344 g/mol. The van der Waals surface area contributed by atoms with Crippen LogP contribution < -0.4 is 14.2 Å². The number of ketones is 1. The maximum atomic E-state index is 12.2. The first-order valence-corrected chi connectivity index (χ1v) is 7.57. The summed E-state index contributed by atoms with van der Waals surface area (Å²) in [5, 5.41) is 0. The zero-order valence-electron chi connectivity index (χ0n) is 14.6. The van der Waals surface area contributed by atoms with E-state index in [0.29, 0.717) is 22.8 Å². The number of hydrogen-bond donors (Lipinski definition) is 0. The van der Waals surface area contributed by atoms with Gasteiger partial charge < -0.3 is 18.9 Å². The number of Topliss-reactive ketones (excluding diaryl/α,β-unsaturated/α-hetero) is 1. The summed E-state index contributed by atoms with van der Waals surface area (Å²) in [6.45, 7) is 1.46. The fourth-order valence-corrected chi connectivity index (χ4v) is 2.28. The van der Waals surface area contributed by atoms with Gasteiger partial charge in [0, 0.05) is 11.1 Å². The van der Waals surface area contributed by atoms with Gasteiger partial charge in [-0.3, -0.25) is 4.79 Å². The van der Waals surface area contributed by atoms with Crippen LogP contribution in [0.5, 0.6) is 17.2 Å². The average molecular weight is 344 g/mol. The molecule has 2 aromatic rings. The van der Waals surface area contributed by atoms with Crippen LogP contribution in [0, 0.1) is 6.92 Å². The maximum Gasteiger partial charge on any atom is 0.338 e. The van der Waals surface area contributed by atoms with E-state index in [9.17, 15) is 9.59 Å². The van der Waals surface area contributed by atoms with E-state index in [1.807, 2.05) is 6.92 Å². The van der Waals surface area contributed by atoms with Crippen molar-refractivity contribution >= 4 is 11.8 Å². The molecule has 0 heterocycles. The number of methoxy groups -OCH3 is 3. The van der Waals surface area contributed by atoms with E-state index in [4.69, 9.17) is 18.9 Å². The minimum atomic E-state index is -0.626. The van der Waals surface area contributed by atoms with Crippen LogP contribution in [-0.4, -0.2) is 39.7 Å². The molecule has 0 fully saturated rings. The van der Waals surface area contributed by atoms with Gasteiger partial charge in [-0.2, -0.15) is 0 Å². The number of benzene rings is 2. The second-order valence-electron chi connectivity index (χ2n) is 5.23. The number of esters is 1. The minimum absolute atomic E-state index is 0.252. The normalized spacial score (nSPS) is 10.1. The zero-order chi connectivity index (χ0) is 18.4. The van der Waals surface area contributed by atoms with Crippen LogP contribution in [-0.2, 0) is 4.74 Å². The van der Waals surface area contributed by atoms with Gasteiger partial charge in [-0.25, -0.2) is 4.79 Å². The lowest BCUT2D eigenvalue weighted by atomic mass is 10.1. The Morgan fingerprint density at radius 3 is 1.88 bits per heavy atom. The van der Waals surface area contributed by atoms with Crippen molar-refractivity contribution in [1.29, 1.82) is 0 Å². The quantitative estimate of drug-likeness (QED) is 0.568. The lowest BCUT2D eigenvalue weighted by Crippen LogP contribution is -2.14. The molecule has 0 N–H and O–H groups in total. The molecule has 0 saturated heterocycles. The third kappa shape index (κ3) is 4.29. The highest BCUT2D eigenvalue weighted by molar-refractivity contribution is 5.99. The van der Waals surface area contributed by atoms with E-state index >= 15 is 0 Å². The van der Waals surface area contributed by atoms with Crippen molar-refractivity contribution in [3.05, 3.63) is 53.1 Å². The van der Waals surface area contributed by atoms with Crippen LogP contribution in [0.15, 0.2) is 36.4 Å². The molecule has 0 aliphatic carbocycles. The van der Waals surface area contributed by atoms with Crippen molar-refractivity contribution in [2.75, 3.05) is 27.9 Å². The summed E-state index contributed by atoms with van der Waals surface area (Å²) in [4.78, 5) is 24.3. The molecule has 0 aliphatic heterocycles. The van der Waals surface area contributed by atoms with Gasteiger partial charge >= 0.3 is 5.97 Å². The van der Waals surface area contributed by atoms with Gasteiger partial charge in [0.15, 0.2) is 12.4 Å². The van der Waals surface area contributed by atoms with Gasteiger partial charge in [0.25, 0.3) is 0 Å². The summed E-state index contributed by atoms with van der Waals surface area (Å²) < 4.78 is 20.6. The van der Waals surface area contributed by atoms with Crippen LogP contribution in [0.25, 0.3) is 0 Å². The van der Waals surface area contributed by atoms with Gasteiger partial charge in [0.2, 0.25) is 0 Å². The fourth-order valence-electron chi connectivity index (χ4n) is 2.28. The highest BCUT2D eigenvalue weighted by Crippen LogP contribution is 2.29. The molecule has 0 aliphatic rings. The minimum Gasteiger partial charge on any atom is -0.497 e. The fraction of sp³-hybridized carbons (Fsp3) is 0.263. The first kappa shape index (κ1) is 18.3. The second kappa shape index (κ2) is 8.19. The second-order valence-corrected chi connectivity index (χ2v) is 5.23. The molecule has 25 heavy (non-hydrogen) atoms. The lowest BCUT2D eigenvalue weighted by Gasteiger charge is -2.12. The molecule has 0 atom stereocenters. The molecule has 2 aromatic carbocycles. The van der Waals surface area contributed by atoms with Gasteiger partial charge in [-0.05, 0) is 43.3 Å². The predicted octanol–water partition coefficient (Wildman–Crippen LogP) is 3.06. The van der Waals surface area contributed by atoms with Crippen LogP contribution in [0.1, 0.15) is 26.3 Å². The molecule has 0 unspecified atom stereocenters. The predicted molar refractivity (Wildman–Crippen MR) is 91.9 cm³/mol. The number of rotatable bonds is 7. The standard InChI is InChI=1S/C19H20O6/c1-12-17(23-3)9-14(10-18(12)24-4)19(21)25-11-16(20)13-5-7-15(22-2)8-6-13/h5-10H,11H2,1-4H3. The first-order valence-electron chi connectivity index (χ1n) is 7.57. The molecule has 0 bridgehead atoms. The van der Waals surface area contributed by atoms with E-state index in [0.717, 1.165) is 5.56 Å². The van der Waals surface area contributed by atoms with Crippen LogP contribution in [0.3, 0.4) is 0 Å². The van der Waals surface area contributed by atoms with Crippen LogP contribution in [0.4, 0.5) is 0 Å². The van der Waals surface area contributed by atoms with Gasteiger partial charge in [0.1, 0.15) is 17.2 Å². The molecular formula is C19H20O6. The van der Waals surface area contributed by atoms with E-state index in [1.165, 1.54) is 14.2 Å². The summed E-state index contributed by atoms with van der Waals surface area (Å²) in [6.07, 6.45) is 0. The largest absolute Gasteiger partial charge is 0.497 e. The van der Waals surface area contributed by atoms with Crippen LogP contribution >= 0.6 is 0 Å². The summed E-state index contributed by atoms with van der Waals surface area (Å²) in [5.74, 6) is 0.730. The Morgan fingerprint density at radius 2 is 1.40 bits per heavy atom. The van der Waals surface area contributed by atoms with Crippen molar-refractivity contribution < 1.29 is 28.5 Å². The summed E-state index contributed by atoms with van der Waals surface area (Å²) >= 11 is 0. The molecule has 0 spiro atoms. The maximum absolute atomic E-state index is 12.2. The highest BCUT2D eigenvalue weighted by Gasteiger charge is 2.16. The van der Waals surface area contributed by atoms with E-state index in [2.05, 4.69) is 0 Å². The topological polar surface area (TPSA) is 71.1 Å². The highest BCUT2D eigenvalue weighted by atomic mass is 16.5. The van der Waals surface area contributed by atoms with Gasteiger partial charge in [-0.1, -0.05) is 0 Å². The van der Waals surface area contributed by atoms with E-state index < -0.39 is 5.97 Å². The Bertz CT molecular complexity index is 739. The number of ether oxygens (including phenoxy) is 4. The van der Waals surface area contributed by atoms with Crippen molar-refractivity contribution in [2.24, 2.45) is 0 Å². The Morgan fingerprint density at radius 1 is 0.840 bits per heavy atom. The lowest BCUT2D eigenvalue weighted by molar-refractivity contribution is 0.0474. The van der Waals surface area contributed by atoms with Crippen molar-refractivity contribution in [2.45, 2.75) is 6.92 Å². The average Bonchev–Trinajstić information content (AvgIpc) is 2.66. The van der Waals surface area contributed by atoms with Gasteiger partial charge in [-0.15, -0.1) is 0 Å². The number of carbonyl (C=O) groups excluding carboxylic acids is 2. The Hall–Kier alpha value is -3.02. The summed E-state index contributed by atoms with van der Waals surface area (Å²) in [5.41, 5.74) is 1.46. The van der Waals surface area contributed by atoms with Crippen molar-refractivity contribution in [3.63, 3.8) is 0 Å². The third-order valence-electron chi connectivity index (χ3n) is 3.73. The summed E-state index contributed by atoms with van der Waals surface area (Å²) in [6, 6.07) is 9.69.